The molecule has 0 atom stereocenters. The highest BCUT2D eigenvalue weighted by Gasteiger charge is 2.13. The van der Waals surface area contributed by atoms with E-state index in [0.29, 0.717) is 19.1 Å². The van der Waals surface area contributed by atoms with Crippen LogP contribution in [0.5, 0.6) is 11.5 Å². The summed E-state index contributed by atoms with van der Waals surface area (Å²) in [6, 6.07) is 5.99. The second kappa shape index (κ2) is 14.1. The summed E-state index contributed by atoms with van der Waals surface area (Å²) in [5.74, 6) is 2.96. The van der Waals surface area contributed by atoms with Crippen LogP contribution in [-0.2, 0) is 16.0 Å². The van der Waals surface area contributed by atoms with Crippen molar-refractivity contribution < 1.29 is 18.9 Å². The first-order valence-corrected chi connectivity index (χ1v) is 10.7. The molecule has 1 aromatic rings. The number of hydrogen-bond donors (Lipinski definition) is 2. The maximum Gasteiger partial charge on any atom is 0.191 e. The smallest absolute Gasteiger partial charge is 0.191 e. The molecule has 0 aromatic heterocycles. The van der Waals surface area contributed by atoms with Gasteiger partial charge in [-0.3, -0.25) is 4.99 Å². The molecule has 1 saturated heterocycles. The normalized spacial score (nSPS) is 15.2. The number of ether oxygens (including phenoxy) is 4. The molecule has 0 radical (unpaired) electrons. The zero-order valence-corrected chi connectivity index (χ0v) is 18.2. The van der Waals surface area contributed by atoms with Crippen molar-refractivity contribution >= 4 is 5.96 Å². The molecule has 7 nitrogen and oxygen atoms in total. The maximum atomic E-state index is 5.80. The summed E-state index contributed by atoms with van der Waals surface area (Å²) in [5, 5.41) is 6.66. The number of hydrogen-bond acceptors (Lipinski definition) is 5. The quantitative estimate of drug-likeness (QED) is 0.315. The highest BCUT2D eigenvalue weighted by molar-refractivity contribution is 5.79. The maximum absolute atomic E-state index is 5.80. The highest BCUT2D eigenvalue weighted by atomic mass is 16.5. The third-order valence-electron chi connectivity index (χ3n) is 4.83. The summed E-state index contributed by atoms with van der Waals surface area (Å²) in [4.78, 5) is 4.28. The van der Waals surface area contributed by atoms with E-state index in [2.05, 4.69) is 22.5 Å². The lowest BCUT2D eigenvalue weighted by Gasteiger charge is -2.21. The Bertz CT molecular complexity index is 604. The van der Waals surface area contributed by atoms with Gasteiger partial charge in [0.15, 0.2) is 17.5 Å². The number of benzene rings is 1. The van der Waals surface area contributed by atoms with Crippen molar-refractivity contribution in [2.75, 3.05) is 53.7 Å². The monoisotopic (exact) mass is 407 g/mol. The van der Waals surface area contributed by atoms with Gasteiger partial charge in [0.05, 0.1) is 13.7 Å². The third kappa shape index (κ3) is 8.92. The van der Waals surface area contributed by atoms with Gasteiger partial charge >= 0.3 is 0 Å². The SMILES string of the molecule is CCCOc1ccc(CNC(=NC)NCCCOCC2CCOCC2)cc1OC. The molecule has 7 heteroatoms. The van der Waals surface area contributed by atoms with E-state index in [1.54, 1.807) is 14.2 Å². The average molecular weight is 408 g/mol. The van der Waals surface area contributed by atoms with Crippen LogP contribution in [0.15, 0.2) is 23.2 Å². The number of nitrogens with one attached hydrogen (secondary N) is 2. The van der Waals surface area contributed by atoms with E-state index in [9.17, 15) is 0 Å². The largest absolute Gasteiger partial charge is 0.493 e. The van der Waals surface area contributed by atoms with Crippen LogP contribution in [0, 0.1) is 5.92 Å². The minimum atomic E-state index is 0.655. The first-order valence-electron chi connectivity index (χ1n) is 10.7. The second-order valence-electron chi connectivity index (χ2n) is 7.17. The fourth-order valence-corrected chi connectivity index (χ4v) is 3.10. The van der Waals surface area contributed by atoms with Gasteiger partial charge in [0.1, 0.15) is 0 Å². The lowest BCUT2D eigenvalue weighted by Crippen LogP contribution is -2.37. The standard InChI is InChI=1S/C22H37N3O4/c1-4-11-29-20-7-6-19(15-21(20)26-3)16-25-22(23-2)24-10-5-12-28-17-18-8-13-27-14-9-18/h6-7,15,18H,4-5,8-14,16-17H2,1-3H3,(H2,23,24,25). The Hall–Kier alpha value is -1.99. The summed E-state index contributed by atoms with van der Waals surface area (Å²) in [6.45, 7) is 7.60. The molecule has 2 rings (SSSR count). The molecule has 1 aromatic carbocycles. The van der Waals surface area contributed by atoms with Crippen LogP contribution < -0.4 is 20.1 Å². The molecule has 164 valence electrons. The van der Waals surface area contributed by atoms with Crippen LogP contribution >= 0.6 is 0 Å². The minimum absolute atomic E-state index is 0.655. The van der Waals surface area contributed by atoms with Crippen LogP contribution in [0.25, 0.3) is 0 Å². The first-order chi connectivity index (χ1) is 14.3. The van der Waals surface area contributed by atoms with Gasteiger partial charge < -0.3 is 29.6 Å². The molecule has 29 heavy (non-hydrogen) atoms. The van der Waals surface area contributed by atoms with Crippen LogP contribution in [0.4, 0.5) is 0 Å². The van der Waals surface area contributed by atoms with Gasteiger partial charge in [-0.15, -0.1) is 0 Å². The molecule has 0 saturated carbocycles. The van der Waals surface area contributed by atoms with Crippen LogP contribution in [0.1, 0.15) is 38.2 Å². The molecule has 1 aliphatic rings. The van der Waals surface area contributed by atoms with Crippen LogP contribution in [0.2, 0.25) is 0 Å². The van der Waals surface area contributed by atoms with Gasteiger partial charge in [0, 0.05) is 46.6 Å². The summed E-state index contributed by atoms with van der Waals surface area (Å²) in [6.07, 6.45) is 4.15. The van der Waals surface area contributed by atoms with E-state index < -0.39 is 0 Å². The number of methoxy groups -OCH3 is 1. The topological polar surface area (TPSA) is 73.3 Å². The molecule has 0 bridgehead atoms. The second-order valence-corrected chi connectivity index (χ2v) is 7.17. The molecule has 0 aliphatic carbocycles. The fourth-order valence-electron chi connectivity index (χ4n) is 3.10. The van der Waals surface area contributed by atoms with E-state index in [1.165, 1.54) is 0 Å². The van der Waals surface area contributed by atoms with Gasteiger partial charge in [0.25, 0.3) is 0 Å². The van der Waals surface area contributed by atoms with Crippen molar-refractivity contribution in [1.29, 1.82) is 0 Å². The van der Waals surface area contributed by atoms with Gasteiger partial charge in [-0.25, -0.2) is 0 Å². The zero-order chi connectivity index (χ0) is 20.7. The lowest BCUT2D eigenvalue weighted by molar-refractivity contribution is 0.0203. The van der Waals surface area contributed by atoms with Gasteiger partial charge in [-0.05, 0) is 49.3 Å². The molecule has 1 heterocycles. The molecule has 0 amide bonds. The van der Waals surface area contributed by atoms with Crippen molar-refractivity contribution in [1.82, 2.24) is 10.6 Å². The Morgan fingerprint density at radius 2 is 2.00 bits per heavy atom. The molecular formula is C22H37N3O4. The van der Waals surface area contributed by atoms with Crippen LogP contribution in [0.3, 0.4) is 0 Å². The Labute approximate surface area is 175 Å². The lowest BCUT2D eigenvalue weighted by atomic mass is 10.0. The molecule has 2 N–H and O–H groups in total. The Kier molecular flexibility index (Phi) is 11.3. The Balaban J connectivity index is 1.64. The van der Waals surface area contributed by atoms with Crippen molar-refractivity contribution in [3.8, 4) is 11.5 Å². The van der Waals surface area contributed by atoms with E-state index >= 15 is 0 Å². The van der Waals surface area contributed by atoms with Crippen LogP contribution in [-0.4, -0.2) is 59.7 Å². The number of rotatable bonds is 12. The van der Waals surface area contributed by atoms with Crippen molar-refractivity contribution in [2.45, 2.75) is 39.2 Å². The molecule has 0 spiro atoms. The van der Waals surface area contributed by atoms with Crippen molar-refractivity contribution in [3.05, 3.63) is 23.8 Å². The minimum Gasteiger partial charge on any atom is -0.493 e. The van der Waals surface area contributed by atoms with E-state index in [1.807, 2.05) is 18.2 Å². The molecular weight excluding hydrogens is 370 g/mol. The van der Waals surface area contributed by atoms with E-state index in [-0.39, 0.29) is 0 Å². The third-order valence-corrected chi connectivity index (χ3v) is 4.83. The average Bonchev–Trinajstić information content (AvgIpc) is 2.77. The number of guanidine groups is 1. The fraction of sp³-hybridized carbons (Fsp3) is 0.682. The van der Waals surface area contributed by atoms with Crippen molar-refractivity contribution in [2.24, 2.45) is 10.9 Å². The number of nitrogens with zero attached hydrogens (tertiary/aromatic N) is 1. The predicted octanol–water partition coefficient (Wildman–Crippen LogP) is 2.98. The summed E-state index contributed by atoms with van der Waals surface area (Å²) >= 11 is 0. The predicted molar refractivity (Wildman–Crippen MR) is 116 cm³/mol. The Morgan fingerprint density at radius 3 is 2.72 bits per heavy atom. The number of aliphatic imine (C=N–C) groups is 1. The first kappa shape index (κ1) is 23.3. The summed E-state index contributed by atoms with van der Waals surface area (Å²) in [5.41, 5.74) is 1.11. The van der Waals surface area contributed by atoms with Gasteiger partial charge in [0.2, 0.25) is 0 Å². The zero-order valence-electron chi connectivity index (χ0n) is 18.2. The van der Waals surface area contributed by atoms with Crippen molar-refractivity contribution in [3.63, 3.8) is 0 Å². The van der Waals surface area contributed by atoms with E-state index in [0.717, 1.165) is 81.7 Å². The molecule has 0 unspecified atom stereocenters. The summed E-state index contributed by atoms with van der Waals surface area (Å²) < 4.78 is 22.3. The summed E-state index contributed by atoms with van der Waals surface area (Å²) in [7, 11) is 3.44. The highest BCUT2D eigenvalue weighted by Crippen LogP contribution is 2.28. The van der Waals surface area contributed by atoms with Gasteiger partial charge in [-0.2, -0.15) is 0 Å². The molecule has 1 fully saturated rings. The Morgan fingerprint density at radius 1 is 1.17 bits per heavy atom. The van der Waals surface area contributed by atoms with E-state index in [4.69, 9.17) is 18.9 Å². The van der Waals surface area contributed by atoms with Gasteiger partial charge in [-0.1, -0.05) is 13.0 Å². The molecule has 1 aliphatic heterocycles.